The summed E-state index contributed by atoms with van der Waals surface area (Å²) in [5.41, 5.74) is 5.31. The monoisotopic (exact) mass is 503 g/mol. The molecule has 0 radical (unpaired) electrons. The van der Waals surface area contributed by atoms with Crippen LogP contribution in [0, 0.1) is 6.92 Å². The highest BCUT2D eigenvalue weighted by molar-refractivity contribution is 9.10. The van der Waals surface area contributed by atoms with Crippen LogP contribution in [-0.4, -0.2) is 26.2 Å². The number of hydrogen-bond acceptors (Lipinski definition) is 5. The van der Waals surface area contributed by atoms with Crippen LogP contribution in [0.2, 0.25) is 0 Å². The van der Waals surface area contributed by atoms with Crippen LogP contribution in [-0.2, 0) is 13.0 Å². The van der Waals surface area contributed by atoms with Crippen LogP contribution in [0.3, 0.4) is 0 Å². The fourth-order valence-corrected chi connectivity index (χ4v) is 4.30. The predicted octanol–water partition coefficient (Wildman–Crippen LogP) is 6.14. The van der Waals surface area contributed by atoms with Gasteiger partial charge in [-0.05, 0) is 66.9 Å². The first kappa shape index (κ1) is 21.3. The number of nitrogens with zero attached hydrogens (tertiary/aromatic N) is 3. The zero-order valence-electron chi connectivity index (χ0n) is 18.0. The molecule has 0 spiro atoms. The topological polar surface area (TPSA) is 73.3 Å². The molecule has 0 saturated heterocycles. The van der Waals surface area contributed by atoms with Crippen LogP contribution >= 0.6 is 15.9 Å². The van der Waals surface area contributed by atoms with E-state index in [-0.39, 0.29) is 11.8 Å². The number of oxazole rings is 1. The number of halogens is 1. The Hall–Kier alpha value is -3.58. The lowest BCUT2D eigenvalue weighted by Gasteiger charge is -2.09. The number of phenolic OH excluding ortho intramolecular Hbond substituents is 1. The van der Waals surface area contributed by atoms with E-state index in [4.69, 9.17) is 9.15 Å². The van der Waals surface area contributed by atoms with Gasteiger partial charge in [0.15, 0.2) is 5.76 Å². The summed E-state index contributed by atoms with van der Waals surface area (Å²) in [6, 6.07) is 19.4. The zero-order chi connectivity index (χ0) is 22.8. The maximum atomic E-state index is 10.1. The molecule has 0 aliphatic rings. The Labute approximate surface area is 199 Å². The number of rotatable bonds is 7. The Morgan fingerprint density at radius 1 is 1.06 bits per heavy atom. The molecule has 5 aromatic rings. The second-order valence-electron chi connectivity index (χ2n) is 7.77. The Bertz CT molecular complexity index is 1390. The third-order valence-electron chi connectivity index (χ3n) is 5.67. The molecule has 166 valence electrons. The van der Waals surface area contributed by atoms with Gasteiger partial charge in [-0.1, -0.05) is 34.1 Å². The Morgan fingerprint density at radius 3 is 2.70 bits per heavy atom. The number of ether oxygens (including phenoxy) is 1. The number of pyridine rings is 1. The highest BCUT2D eigenvalue weighted by atomic mass is 79.9. The molecule has 0 saturated carbocycles. The highest BCUT2D eigenvalue weighted by Crippen LogP contribution is 2.31. The van der Waals surface area contributed by atoms with Crippen LogP contribution in [0.4, 0.5) is 0 Å². The largest absolute Gasteiger partial charge is 0.508 e. The van der Waals surface area contributed by atoms with E-state index in [2.05, 4.69) is 49.5 Å². The summed E-state index contributed by atoms with van der Waals surface area (Å²) in [6.45, 7) is 3.12. The van der Waals surface area contributed by atoms with E-state index in [1.165, 1.54) is 11.1 Å². The summed E-state index contributed by atoms with van der Waals surface area (Å²) < 4.78 is 14.8. The fourth-order valence-electron chi connectivity index (χ4n) is 4.03. The lowest BCUT2D eigenvalue weighted by molar-refractivity contribution is 0.222. The molecule has 0 aliphatic carbocycles. The second-order valence-corrected chi connectivity index (χ2v) is 8.69. The van der Waals surface area contributed by atoms with Crippen molar-refractivity contribution in [3.63, 3.8) is 0 Å². The van der Waals surface area contributed by atoms with E-state index in [0.29, 0.717) is 24.6 Å². The average Bonchev–Trinajstić information content (AvgIpc) is 3.40. The van der Waals surface area contributed by atoms with Crippen LogP contribution in [0.1, 0.15) is 16.8 Å². The standard InChI is InChI=1S/C26H22BrN3O3/c1-17-21(14-18-5-7-19(27)8-6-18)22-15-20(31)9-10-24(22)30(17)12-13-32-26-29-16-25(33-26)23-4-2-3-11-28-23/h2-11,15-16,31H,12-14H2,1H3. The second kappa shape index (κ2) is 9.11. The molecule has 3 aromatic heterocycles. The summed E-state index contributed by atoms with van der Waals surface area (Å²) in [6.07, 6.45) is 4.33. The van der Waals surface area contributed by atoms with Gasteiger partial charge in [-0.2, -0.15) is 4.98 Å². The van der Waals surface area contributed by atoms with Crippen molar-refractivity contribution in [3.8, 4) is 23.3 Å². The van der Waals surface area contributed by atoms with Gasteiger partial charge in [-0.15, -0.1) is 0 Å². The lowest BCUT2D eigenvalue weighted by Crippen LogP contribution is -2.10. The molecule has 3 heterocycles. The highest BCUT2D eigenvalue weighted by Gasteiger charge is 2.16. The minimum atomic E-state index is 0.220. The van der Waals surface area contributed by atoms with E-state index in [9.17, 15) is 5.11 Å². The van der Waals surface area contributed by atoms with Crippen molar-refractivity contribution in [3.05, 3.63) is 94.4 Å². The van der Waals surface area contributed by atoms with Crippen LogP contribution in [0.5, 0.6) is 11.8 Å². The van der Waals surface area contributed by atoms with Crippen molar-refractivity contribution in [1.82, 2.24) is 14.5 Å². The summed E-state index contributed by atoms with van der Waals surface area (Å²) in [7, 11) is 0. The Kier molecular flexibility index (Phi) is 5.88. The molecule has 0 unspecified atom stereocenters. The molecule has 1 N–H and O–H groups in total. The number of phenols is 1. The summed E-state index contributed by atoms with van der Waals surface area (Å²) in [5, 5.41) is 11.2. The van der Waals surface area contributed by atoms with Crippen LogP contribution < -0.4 is 4.74 Å². The third kappa shape index (κ3) is 4.50. The number of hydrogen-bond donors (Lipinski definition) is 1. The maximum Gasteiger partial charge on any atom is 0.394 e. The predicted molar refractivity (Wildman–Crippen MR) is 131 cm³/mol. The van der Waals surface area contributed by atoms with Gasteiger partial charge in [0.2, 0.25) is 0 Å². The molecule has 0 fully saturated rings. The first-order chi connectivity index (χ1) is 16.1. The molecule has 6 nitrogen and oxygen atoms in total. The van der Waals surface area contributed by atoms with Gasteiger partial charge in [0, 0.05) is 27.3 Å². The van der Waals surface area contributed by atoms with Gasteiger partial charge in [0.1, 0.15) is 18.1 Å². The molecule has 7 heteroatoms. The summed E-state index contributed by atoms with van der Waals surface area (Å²) in [5.74, 6) is 0.829. The molecule has 0 amide bonds. The number of fused-ring (bicyclic) bond motifs is 1. The van der Waals surface area contributed by atoms with E-state index < -0.39 is 0 Å². The van der Waals surface area contributed by atoms with Crippen LogP contribution in [0.25, 0.3) is 22.4 Å². The average molecular weight is 504 g/mol. The summed E-state index contributed by atoms with van der Waals surface area (Å²) >= 11 is 3.49. The minimum Gasteiger partial charge on any atom is -0.508 e. The normalized spacial score (nSPS) is 11.2. The molecule has 33 heavy (non-hydrogen) atoms. The van der Waals surface area contributed by atoms with Gasteiger partial charge in [-0.25, -0.2) is 0 Å². The molecule has 0 aliphatic heterocycles. The quantitative estimate of drug-likeness (QED) is 0.288. The maximum absolute atomic E-state index is 10.1. The van der Waals surface area contributed by atoms with Crippen LogP contribution in [0.15, 0.2) is 81.9 Å². The van der Waals surface area contributed by atoms with Gasteiger partial charge in [-0.3, -0.25) is 4.98 Å². The minimum absolute atomic E-state index is 0.220. The van der Waals surface area contributed by atoms with E-state index in [0.717, 1.165) is 27.5 Å². The van der Waals surface area contributed by atoms with Crippen molar-refractivity contribution in [2.24, 2.45) is 0 Å². The number of benzene rings is 2. The van der Waals surface area contributed by atoms with Crippen molar-refractivity contribution in [2.75, 3.05) is 6.61 Å². The van der Waals surface area contributed by atoms with Gasteiger partial charge >= 0.3 is 6.08 Å². The van der Waals surface area contributed by atoms with Gasteiger partial charge in [0.05, 0.1) is 12.7 Å². The molecule has 5 rings (SSSR count). The third-order valence-corrected chi connectivity index (χ3v) is 6.20. The smallest absolute Gasteiger partial charge is 0.394 e. The molecule has 0 bridgehead atoms. The first-order valence-electron chi connectivity index (χ1n) is 10.6. The van der Waals surface area contributed by atoms with Crippen molar-refractivity contribution >= 4 is 26.8 Å². The van der Waals surface area contributed by atoms with E-state index in [1.54, 1.807) is 18.5 Å². The zero-order valence-corrected chi connectivity index (χ0v) is 19.6. The van der Waals surface area contributed by atoms with Gasteiger partial charge < -0.3 is 18.8 Å². The molecule has 0 atom stereocenters. The van der Waals surface area contributed by atoms with Gasteiger partial charge in [0.25, 0.3) is 0 Å². The lowest BCUT2D eigenvalue weighted by atomic mass is 10.0. The SMILES string of the molecule is Cc1c(Cc2ccc(Br)cc2)c2cc(O)ccc2n1CCOc1ncc(-c2ccccn2)o1. The van der Waals surface area contributed by atoms with E-state index >= 15 is 0 Å². The van der Waals surface area contributed by atoms with Crippen molar-refractivity contribution < 1.29 is 14.3 Å². The Morgan fingerprint density at radius 2 is 1.91 bits per heavy atom. The Balaban J connectivity index is 1.36. The molecule has 2 aromatic carbocycles. The number of aromatic nitrogens is 3. The van der Waals surface area contributed by atoms with Crippen molar-refractivity contribution in [1.29, 1.82) is 0 Å². The molecular weight excluding hydrogens is 482 g/mol. The first-order valence-corrected chi connectivity index (χ1v) is 11.4. The van der Waals surface area contributed by atoms with E-state index in [1.807, 2.05) is 42.5 Å². The summed E-state index contributed by atoms with van der Waals surface area (Å²) in [4.78, 5) is 8.48. The number of aromatic hydroxyl groups is 1. The molecular formula is C26H22BrN3O3. The van der Waals surface area contributed by atoms with Crippen molar-refractivity contribution in [2.45, 2.75) is 19.9 Å². The fraction of sp³-hybridized carbons (Fsp3) is 0.154.